The van der Waals surface area contributed by atoms with Crippen molar-refractivity contribution in [2.45, 2.75) is 59.7 Å². The number of fused-ring (bicyclic) bond motifs is 1. The van der Waals surface area contributed by atoms with Gasteiger partial charge >= 0.3 is 5.97 Å². The number of benzene rings is 1. The summed E-state index contributed by atoms with van der Waals surface area (Å²) in [5, 5.41) is 10.8. The highest BCUT2D eigenvalue weighted by molar-refractivity contribution is 5.84. The highest BCUT2D eigenvalue weighted by atomic mass is 16.5. The molecular weight excluding hydrogens is 326 g/mol. The SMILES string of the molecule is CCOC(=O)/C=C/C1=C(N(C(C)C)C(C)C)c2ccccc2[C@@H](O)[C@@H]1C. The zero-order valence-electron chi connectivity index (χ0n) is 16.7. The fourth-order valence-electron chi connectivity index (χ4n) is 3.76. The lowest BCUT2D eigenvalue weighted by Crippen LogP contribution is -2.38. The smallest absolute Gasteiger partial charge is 0.330 e. The predicted molar refractivity (Wildman–Crippen MR) is 105 cm³/mol. The van der Waals surface area contributed by atoms with Gasteiger partial charge in [0.05, 0.1) is 12.7 Å². The molecule has 0 amide bonds. The van der Waals surface area contributed by atoms with Crippen LogP contribution in [0.5, 0.6) is 0 Å². The quantitative estimate of drug-likeness (QED) is 0.608. The van der Waals surface area contributed by atoms with Crippen LogP contribution >= 0.6 is 0 Å². The number of allylic oxidation sites excluding steroid dienone is 1. The first-order valence-electron chi connectivity index (χ1n) is 9.44. The van der Waals surface area contributed by atoms with Gasteiger partial charge in [-0.15, -0.1) is 0 Å². The molecule has 0 aliphatic heterocycles. The second-order valence-electron chi connectivity index (χ2n) is 7.30. The summed E-state index contributed by atoms with van der Waals surface area (Å²) < 4.78 is 5.03. The van der Waals surface area contributed by atoms with Gasteiger partial charge in [0.2, 0.25) is 0 Å². The van der Waals surface area contributed by atoms with Crippen molar-refractivity contribution in [2.24, 2.45) is 5.92 Å². The Hall–Kier alpha value is -2.07. The molecule has 0 saturated carbocycles. The van der Waals surface area contributed by atoms with E-state index in [-0.39, 0.29) is 24.0 Å². The van der Waals surface area contributed by atoms with E-state index >= 15 is 0 Å². The van der Waals surface area contributed by atoms with Crippen LogP contribution in [0.2, 0.25) is 0 Å². The first-order chi connectivity index (χ1) is 12.3. The molecule has 0 aromatic heterocycles. The van der Waals surface area contributed by atoms with Crippen molar-refractivity contribution in [2.75, 3.05) is 6.61 Å². The minimum Gasteiger partial charge on any atom is -0.463 e. The summed E-state index contributed by atoms with van der Waals surface area (Å²) in [6.45, 7) is 12.8. The van der Waals surface area contributed by atoms with E-state index in [2.05, 4.69) is 38.7 Å². The third kappa shape index (κ3) is 4.01. The maximum absolute atomic E-state index is 11.9. The molecule has 0 unspecified atom stereocenters. The van der Waals surface area contributed by atoms with E-state index in [1.165, 1.54) is 6.08 Å². The van der Waals surface area contributed by atoms with Gasteiger partial charge in [0.25, 0.3) is 0 Å². The van der Waals surface area contributed by atoms with Gasteiger partial charge in [-0.1, -0.05) is 31.2 Å². The van der Waals surface area contributed by atoms with Crippen molar-refractivity contribution < 1.29 is 14.6 Å². The number of carbonyl (C=O) groups is 1. The van der Waals surface area contributed by atoms with E-state index in [1.807, 2.05) is 31.2 Å². The summed E-state index contributed by atoms with van der Waals surface area (Å²) >= 11 is 0. The molecule has 1 aliphatic rings. The molecule has 4 nitrogen and oxygen atoms in total. The molecule has 4 heteroatoms. The van der Waals surface area contributed by atoms with Gasteiger partial charge in [0.15, 0.2) is 0 Å². The first-order valence-corrected chi connectivity index (χ1v) is 9.44. The van der Waals surface area contributed by atoms with Crippen molar-refractivity contribution >= 4 is 11.7 Å². The molecule has 1 N–H and O–H groups in total. The summed E-state index contributed by atoms with van der Waals surface area (Å²) in [6, 6.07) is 8.56. The zero-order valence-corrected chi connectivity index (χ0v) is 16.7. The maximum Gasteiger partial charge on any atom is 0.330 e. The molecule has 26 heavy (non-hydrogen) atoms. The molecule has 1 aromatic carbocycles. The summed E-state index contributed by atoms with van der Waals surface area (Å²) in [7, 11) is 0. The normalized spacial score (nSPS) is 20.0. The lowest BCUT2D eigenvalue weighted by atomic mass is 9.79. The Kier molecular flexibility index (Phi) is 6.65. The van der Waals surface area contributed by atoms with Gasteiger partial charge in [-0.05, 0) is 51.8 Å². The van der Waals surface area contributed by atoms with Crippen LogP contribution in [0.15, 0.2) is 42.0 Å². The lowest BCUT2D eigenvalue weighted by Gasteiger charge is -2.42. The number of esters is 1. The number of carbonyl (C=O) groups excluding carboxylic acids is 1. The molecule has 0 heterocycles. The van der Waals surface area contributed by atoms with E-state index in [4.69, 9.17) is 4.74 Å². The average Bonchev–Trinajstić information content (AvgIpc) is 2.58. The second kappa shape index (κ2) is 8.54. The fourth-order valence-corrected chi connectivity index (χ4v) is 3.76. The van der Waals surface area contributed by atoms with Crippen LogP contribution in [0.25, 0.3) is 5.70 Å². The van der Waals surface area contributed by atoms with E-state index < -0.39 is 6.10 Å². The van der Waals surface area contributed by atoms with E-state index in [0.29, 0.717) is 6.61 Å². The summed E-state index contributed by atoms with van der Waals surface area (Å²) in [4.78, 5) is 14.2. The molecule has 0 fully saturated rings. The Bertz CT molecular complexity index is 695. The molecule has 0 radical (unpaired) electrons. The van der Waals surface area contributed by atoms with Gasteiger partial charge in [0.1, 0.15) is 0 Å². The Morgan fingerprint density at radius 2 is 1.85 bits per heavy atom. The number of hydrogen-bond donors (Lipinski definition) is 1. The Morgan fingerprint density at radius 1 is 1.23 bits per heavy atom. The van der Waals surface area contributed by atoms with Crippen LogP contribution < -0.4 is 0 Å². The number of aliphatic hydroxyl groups excluding tert-OH is 1. The van der Waals surface area contributed by atoms with Crippen LogP contribution in [0.1, 0.15) is 58.8 Å². The van der Waals surface area contributed by atoms with Crippen molar-refractivity contribution in [1.82, 2.24) is 4.90 Å². The van der Waals surface area contributed by atoms with Crippen LogP contribution in [-0.2, 0) is 9.53 Å². The number of nitrogens with zero attached hydrogens (tertiary/aromatic N) is 1. The Morgan fingerprint density at radius 3 is 2.42 bits per heavy atom. The van der Waals surface area contributed by atoms with Gasteiger partial charge in [0, 0.05) is 35.3 Å². The highest BCUT2D eigenvalue weighted by Crippen LogP contribution is 2.44. The summed E-state index contributed by atoms with van der Waals surface area (Å²) in [5.41, 5.74) is 4.02. The monoisotopic (exact) mass is 357 g/mol. The Balaban J connectivity index is 2.68. The minimum absolute atomic E-state index is 0.120. The molecule has 142 valence electrons. The highest BCUT2D eigenvalue weighted by Gasteiger charge is 2.34. The molecule has 1 aliphatic carbocycles. The fraction of sp³-hybridized carbons (Fsp3) is 0.500. The second-order valence-corrected chi connectivity index (χ2v) is 7.30. The molecular formula is C22H31NO3. The Labute approximate surface area is 157 Å². The standard InChI is InChI=1S/C22H31NO3/c1-7-26-20(24)13-12-17-16(6)22(25)19-11-9-8-10-18(19)21(17)23(14(2)3)15(4)5/h8-16,22,25H,7H2,1-6H3/b13-12+/t16-,22+/m1/s1. The number of aliphatic hydroxyl groups is 1. The molecule has 0 spiro atoms. The molecule has 2 rings (SSSR count). The third-order valence-corrected chi connectivity index (χ3v) is 4.83. The third-order valence-electron chi connectivity index (χ3n) is 4.83. The number of rotatable bonds is 6. The summed E-state index contributed by atoms with van der Waals surface area (Å²) in [5.74, 6) is -0.480. The number of ether oxygens (including phenoxy) is 1. The van der Waals surface area contributed by atoms with Crippen LogP contribution in [0.3, 0.4) is 0 Å². The average molecular weight is 357 g/mol. The van der Waals surface area contributed by atoms with Crippen molar-refractivity contribution in [3.63, 3.8) is 0 Å². The largest absolute Gasteiger partial charge is 0.463 e. The lowest BCUT2D eigenvalue weighted by molar-refractivity contribution is -0.137. The first kappa shape index (κ1) is 20.2. The predicted octanol–water partition coefficient (Wildman–Crippen LogP) is 4.32. The van der Waals surface area contributed by atoms with Gasteiger partial charge in [-0.2, -0.15) is 0 Å². The zero-order chi connectivity index (χ0) is 19.4. The van der Waals surface area contributed by atoms with Crippen molar-refractivity contribution in [3.8, 4) is 0 Å². The molecule has 2 atom stereocenters. The van der Waals surface area contributed by atoms with Crippen molar-refractivity contribution in [1.29, 1.82) is 0 Å². The van der Waals surface area contributed by atoms with E-state index in [1.54, 1.807) is 6.92 Å². The van der Waals surface area contributed by atoms with Crippen LogP contribution in [-0.4, -0.2) is 34.7 Å². The minimum atomic E-state index is -0.599. The van der Waals surface area contributed by atoms with Gasteiger partial charge < -0.3 is 14.7 Å². The van der Waals surface area contributed by atoms with Crippen molar-refractivity contribution in [3.05, 3.63) is 53.1 Å². The number of hydrogen-bond acceptors (Lipinski definition) is 4. The molecule has 1 aromatic rings. The van der Waals surface area contributed by atoms with E-state index in [9.17, 15) is 9.90 Å². The van der Waals surface area contributed by atoms with Gasteiger partial charge in [-0.3, -0.25) is 0 Å². The summed E-state index contributed by atoms with van der Waals surface area (Å²) in [6.07, 6.45) is 2.68. The topological polar surface area (TPSA) is 49.8 Å². The van der Waals surface area contributed by atoms with Crippen LogP contribution in [0, 0.1) is 5.92 Å². The van der Waals surface area contributed by atoms with Gasteiger partial charge in [-0.25, -0.2) is 4.79 Å². The van der Waals surface area contributed by atoms with Crippen LogP contribution in [0.4, 0.5) is 0 Å². The maximum atomic E-state index is 11.9. The van der Waals surface area contributed by atoms with E-state index in [0.717, 1.165) is 22.4 Å². The molecule has 0 saturated heterocycles. The molecule has 0 bridgehead atoms.